The van der Waals surface area contributed by atoms with E-state index in [2.05, 4.69) is 9.88 Å². The number of ether oxygens (including phenoxy) is 3. The number of carbonyl (C=O) groups excluding carboxylic acids is 1. The van der Waals surface area contributed by atoms with Crippen molar-refractivity contribution in [2.75, 3.05) is 45.2 Å². The van der Waals surface area contributed by atoms with Crippen LogP contribution in [0.4, 0.5) is 5.69 Å². The largest absolute Gasteiger partial charge is 0.497 e. The van der Waals surface area contributed by atoms with E-state index in [1.54, 1.807) is 25.1 Å². The van der Waals surface area contributed by atoms with Gasteiger partial charge in [-0.2, -0.15) is 4.31 Å². The van der Waals surface area contributed by atoms with Crippen LogP contribution >= 0.6 is 0 Å². The number of aliphatic hydroxyl groups excluding tert-OH is 1. The lowest BCUT2D eigenvalue weighted by molar-refractivity contribution is -0.00834. The lowest BCUT2D eigenvalue weighted by Crippen LogP contribution is -2.48. The number of likely N-dealkylation sites (N-methyl/N-ethyl adjacent to an activating group) is 1. The normalized spacial score (nSPS) is 20.5. The van der Waals surface area contributed by atoms with Gasteiger partial charge in [0, 0.05) is 38.3 Å². The van der Waals surface area contributed by atoms with Crippen LogP contribution in [0.5, 0.6) is 11.5 Å². The molecule has 0 aliphatic carbocycles. The summed E-state index contributed by atoms with van der Waals surface area (Å²) in [6, 6.07) is 9.95. The van der Waals surface area contributed by atoms with Crippen molar-refractivity contribution in [2.45, 2.75) is 81.9 Å². The van der Waals surface area contributed by atoms with Gasteiger partial charge in [-0.25, -0.2) is 16.8 Å². The van der Waals surface area contributed by atoms with Gasteiger partial charge in [0.15, 0.2) is 10.7 Å². The molecule has 4 atom stereocenters. The van der Waals surface area contributed by atoms with E-state index < -0.39 is 44.0 Å². The maximum Gasteiger partial charge on any atom is 0.267 e. The SMILES string of the molecule is COc1ccc(S(=O)(=O)N(C)C[C@H]2OCCCC[C@@H](C)Oc3ccc(NS(=O)(=O)c4c(C)noc4C)cc3C(=O)N([C@@H](C)CO)C[C@H]2C)cc1. The number of fused-ring (bicyclic) bond motifs is 1. The highest BCUT2D eigenvalue weighted by Crippen LogP contribution is 2.31. The monoisotopic (exact) mass is 736 g/mol. The Morgan fingerprint density at radius 3 is 2.42 bits per heavy atom. The molecule has 16 heteroatoms. The highest BCUT2D eigenvalue weighted by Gasteiger charge is 2.33. The van der Waals surface area contributed by atoms with Crippen LogP contribution in [0.1, 0.15) is 61.8 Å². The summed E-state index contributed by atoms with van der Waals surface area (Å²) in [5.41, 5.74) is 0.403. The van der Waals surface area contributed by atoms with Gasteiger partial charge >= 0.3 is 0 Å². The van der Waals surface area contributed by atoms with E-state index in [-0.39, 0.29) is 64.0 Å². The van der Waals surface area contributed by atoms with Crippen molar-refractivity contribution in [3.63, 3.8) is 0 Å². The van der Waals surface area contributed by atoms with E-state index in [4.69, 9.17) is 18.7 Å². The van der Waals surface area contributed by atoms with Crippen molar-refractivity contribution >= 4 is 31.6 Å². The fraction of sp³-hybridized carbons (Fsp3) is 0.529. The predicted octanol–water partition coefficient (Wildman–Crippen LogP) is 4.22. The molecule has 0 unspecified atom stereocenters. The summed E-state index contributed by atoms with van der Waals surface area (Å²) in [7, 11) is -5.02. The number of carbonyl (C=O) groups is 1. The molecule has 0 saturated heterocycles. The topological polar surface area (TPSA) is 178 Å². The highest BCUT2D eigenvalue weighted by molar-refractivity contribution is 7.92. The summed E-state index contributed by atoms with van der Waals surface area (Å²) in [5, 5.41) is 14.0. The van der Waals surface area contributed by atoms with Gasteiger partial charge in [0.25, 0.3) is 15.9 Å². The Bertz CT molecular complexity index is 1810. The van der Waals surface area contributed by atoms with Gasteiger partial charge in [0.1, 0.15) is 17.2 Å². The van der Waals surface area contributed by atoms with Gasteiger partial charge in [-0.1, -0.05) is 12.1 Å². The fourth-order valence-electron chi connectivity index (χ4n) is 5.79. The number of hydrogen-bond donors (Lipinski definition) is 2. The summed E-state index contributed by atoms with van der Waals surface area (Å²) in [6.45, 7) is 8.56. The van der Waals surface area contributed by atoms with E-state index in [1.165, 1.54) is 61.5 Å². The number of anilines is 1. The Balaban J connectivity index is 1.68. The summed E-state index contributed by atoms with van der Waals surface area (Å²) >= 11 is 0. The summed E-state index contributed by atoms with van der Waals surface area (Å²) in [5.74, 6) is 0.0185. The molecule has 0 fully saturated rings. The van der Waals surface area contributed by atoms with Gasteiger partial charge < -0.3 is 28.7 Å². The van der Waals surface area contributed by atoms with Crippen LogP contribution < -0.4 is 14.2 Å². The van der Waals surface area contributed by atoms with Crippen LogP contribution in [0.3, 0.4) is 0 Å². The number of nitrogens with zero attached hydrogens (tertiary/aromatic N) is 3. The minimum absolute atomic E-state index is 0.00873. The Hall–Kier alpha value is -3.70. The quantitative estimate of drug-likeness (QED) is 0.305. The van der Waals surface area contributed by atoms with Gasteiger partial charge in [-0.15, -0.1) is 0 Å². The van der Waals surface area contributed by atoms with E-state index in [1.807, 2.05) is 13.8 Å². The molecule has 14 nitrogen and oxygen atoms in total. The number of aliphatic hydroxyl groups is 1. The smallest absolute Gasteiger partial charge is 0.267 e. The first-order valence-electron chi connectivity index (χ1n) is 16.5. The average Bonchev–Trinajstić information content (AvgIpc) is 3.43. The zero-order chi connectivity index (χ0) is 36.8. The minimum Gasteiger partial charge on any atom is -0.497 e. The van der Waals surface area contributed by atoms with Crippen LogP contribution in [-0.4, -0.2) is 101 Å². The lowest BCUT2D eigenvalue weighted by Gasteiger charge is -2.35. The molecule has 0 saturated carbocycles. The Labute approximate surface area is 294 Å². The number of methoxy groups -OCH3 is 1. The van der Waals surface area contributed by atoms with Crippen molar-refractivity contribution in [3.8, 4) is 11.5 Å². The molecule has 4 rings (SSSR count). The van der Waals surface area contributed by atoms with Crippen LogP contribution in [-0.2, 0) is 24.8 Å². The van der Waals surface area contributed by atoms with Crippen LogP contribution in [0.15, 0.2) is 56.8 Å². The summed E-state index contributed by atoms with van der Waals surface area (Å²) in [6.07, 6.45) is 1.16. The molecule has 2 aromatic carbocycles. The molecule has 1 aliphatic rings. The molecule has 1 amide bonds. The molecule has 50 heavy (non-hydrogen) atoms. The van der Waals surface area contributed by atoms with Crippen molar-refractivity contribution in [2.24, 2.45) is 5.92 Å². The number of aromatic nitrogens is 1. The standard InChI is InChI=1S/C34H48N4O10S2/c1-22-19-38(23(2)21-39)34(40)30-18-27(36-49(41,42)33-25(4)35-48-26(33)5)11-16-31(30)47-24(3)10-8-9-17-46-32(22)20-37(6)50(43,44)29-14-12-28(45-7)13-15-29/h11-16,18,22-24,32,36,39H,8-10,17,19-21H2,1-7H3/t22-,23+,24-,32-/m1/s1. The third-order valence-electron chi connectivity index (χ3n) is 8.75. The van der Waals surface area contributed by atoms with Crippen molar-refractivity contribution in [1.29, 1.82) is 0 Å². The number of hydrogen-bond acceptors (Lipinski definition) is 11. The first kappa shape index (κ1) is 39.1. The number of rotatable bonds is 10. The number of benzene rings is 2. The maximum absolute atomic E-state index is 14.4. The average molecular weight is 737 g/mol. The van der Waals surface area contributed by atoms with Crippen molar-refractivity contribution in [3.05, 3.63) is 59.5 Å². The number of nitrogens with one attached hydrogen (secondary N) is 1. The molecule has 0 spiro atoms. The van der Waals surface area contributed by atoms with E-state index in [0.717, 1.165) is 6.42 Å². The molecule has 2 N–H and O–H groups in total. The first-order chi connectivity index (χ1) is 23.6. The minimum atomic E-state index is -4.12. The van der Waals surface area contributed by atoms with Crippen molar-refractivity contribution < 1.29 is 45.5 Å². The molecular weight excluding hydrogens is 689 g/mol. The zero-order valence-electron chi connectivity index (χ0n) is 29.6. The molecule has 1 aromatic heterocycles. The van der Waals surface area contributed by atoms with E-state index >= 15 is 0 Å². The third-order valence-corrected chi connectivity index (χ3v) is 12.2. The first-order valence-corrected chi connectivity index (χ1v) is 19.4. The number of sulfonamides is 2. The Morgan fingerprint density at radius 2 is 1.80 bits per heavy atom. The lowest BCUT2D eigenvalue weighted by atomic mass is 10.0. The molecule has 3 aromatic rings. The van der Waals surface area contributed by atoms with E-state index in [9.17, 15) is 26.7 Å². The molecule has 276 valence electrons. The molecule has 0 radical (unpaired) electrons. The highest BCUT2D eigenvalue weighted by atomic mass is 32.2. The molecule has 1 aliphatic heterocycles. The number of aryl methyl sites for hydroxylation is 2. The predicted molar refractivity (Wildman–Crippen MR) is 186 cm³/mol. The van der Waals surface area contributed by atoms with Crippen LogP contribution in [0, 0.1) is 19.8 Å². The Morgan fingerprint density at radius 1 is 1.10 bits per heavy atom. The van der Waals surface area contributed by atoms with Gasteiger partial charge in [0.05, 0.1) is 42.4 Å². The maximum atomic E-state index is 14.4. The second-order valence-corrected chi connectivity index (χ2v) is 16.4. The van der Waals surface area contributed by atoms with Gasteiger partial charge in [0.2, 0.25) is 10.0 Å². The fourth-order valence-corrected chi connectivity index (χ4v) is 8.36. The second kappa shape index (κ2) is 16.5. The second-order valence-electron chi connectivity index (χ2n) is 12.7. The zero-order valence-corrected chi connectivity index (χ0v) is 31.2. The summed E-state index contributed by atoms with van der Waals surface area (Å²) in [4.78, 5) is 15.9. The Kier molecular flexibility index (Phi) is 12.9. The van der Waals surface area contributed by atoms with Crippen molar-refractivity contribution in [1.82, 2.24) is 14.4 Å². The summed E-state index contributed by atoms with van der Waals surface area (Å²) < 4.78 is 80.2. The van der Waals surface area contributed by atoms with Gasteiger partial charge in [-0.3, -0.25) is 9.52 Å². The van der Waals surface area contributed by atoms with Gasteiger partial charge in [-0.05, 0) is 89.4 Å². The molecule has 0 bridgehead atoms. The van der Waals surface area contributed by atoms with E-state index in [0.29, 0.717) is 25.2 Å². The van der Waals surface area contributed by atoms with Crippen LogP contribution in [0.25, 0.3) is 0 Å². The third kappa shape index (κ3) is 9.15. The number of amides is 1. The molecule has 2 heterocycles. The van der Waals surface area contributed by atoms with Crippen LogP contribution in [0.2, 0.25) is 0 Å². The molecular formula is C34H48N4O10S2.